The molecule has 0 aliphatic carbocycles. The van der Waals surface area contributed by atoms with Crippen LogP contribution in [-0.2, 0) is 0 Å². The number of hydrogen-bond acceptors (Lipinski definition) is 3. The van der Waals surface area contributed by atoms with Crippen LogP contribution >= 0.6 is 0 Å². The molecule has 21 heavy (non-hydrogen) atoms. The van der Waals surface area contributed by atoms with Crippen molar-refractivity contribution in [2.24, 2.45) is 5.84 Å². The molecule has 0 aliphatic heterocycles. The lowest BCUT2D eigenvalue weighted by atomic mass is 9.99. The summed E-state index contributed by atoms with van der Waals surface area (Å²) in [5, 5.41) is 0.928. The number of nitrogens with one attached hydrogen (secondary N) is 1. The van der Waals surface area contributed by atoms with Crippen molar-refractivity contribution in [2.45, 2.75) is 6.04 Å². The Balaban J connectivity index is 2.09. The lowest BCUT2D eigenvalue weighted by Crippen LogP contribution is -2.29. The van der Waals surface area contributed by atoms with Crippen LogP contribution in [0, 0.1) is 11.6 Å². The molecule has 2 aromatic carbocycles. The fourth-order valence-electron chi connectivity index (χ4n) is 2.35. The van der Waals surface area contributed by atoms with Gasteiger partial charge in [0, 0.05) is 23.2 Å². The SMILES string of the molecule is NNC(c1cnc2ccccc2c1)c1ccc(F)cc1F. The molecule has 0 spiro atoms. The van der Waals surface area contributed by atoms with E-state index >= 15 is 0 Å². The zero-order chi connectivity index (χ0) is 14.8. The molecule has 3 nitrogen and oxygen atoms in total. The van der Waals surface area contributed by atoms with Gasteiger partial charge in [0.2, 0.25) is 0 Å². The predicted molar refractivity (Wildman–Crippen MR) is 77.3 cm³/mol. The maximum absolute atomic E-state index is 13.9. The molecule has 106 valence electrons. The standard InChI is InChI=1S/C16H13F2N3/c17-12-5-6-13(14(18)8-12)16(21-19)11-7-10-3-1-2-4-15(10)20-9-11/h1-9,16,21H,19H2. The van der Waals surface area contributed by atoms with E-state index in [0.29, 0.717) is 5.56 Å². The molecule has 0 aliphatic rings. The van der Waals surface area contributed by atoms with E-state index in [-0.39, 0.29) is 5.56 Å². The molecule has 5 heteroatoms. The number of nitrogens with two attached hydrogens (primary N) is 1. The van der Waals surface area contributed by atoms with E-state index in [1.54, 1.807) is 6.20 Å². The summed E-state index contributed by atoms with van der Waals surface area (Å²) in [7, 11) is 0. The molecule has 1 heterocycles. The first-order chi connectivity index (χ1) is 10.2. The number of fused-ring (bicyclic) bond motifs is 1. The topological polar surface area (TPSA) is 50.9 Å². The first-order valence-corrected chi connectivity index (χ1v) is 6.45. The third-order valence-corrected chi connectivity index (χ3v) is 3.39. The molecular weight excluding hydrogens is 272 g/mol. The largest absolute Gasteiger partial charge is 0.271 e. The lowest BCUT2D eigenvalue weighted by molar-refractivity contribution is 0.541. The Labute approximate surface area is 120 Å². The molecule has 1 atom stereocenters. The van der Waals surface area contributed by atoms with Crippen molar-refractivity contribution in [3.8, 4) is 0 Å². The van der Waals surface area contributed by atoms with E-state index in [9.17, 15) is 8.78 Å². The smallest absolute Gasteiger partial charge is 0.131 e. The lowest BCUT2D eigenvalue weighted by Gasteiger charge is -2.17. The van der Waals surface area contributed by atoms with E-state index in [1.165, 1.54) is 12.1 Å². The van der Waals surface area contributed by atoms with Crippen LogP contribution in [0.15, 0.2) is 54.7 Å². The molecule has 0 radical (unpaired) electrons. The number of nitrogens with zero attached hydrogens (tertiary/aromatic N) is 1. The number of pyridine rings is 1. The van der Waals surface area contributed by atoms with Gasteiger partial charge < -0.3 is 0 Å². The Bertz CT molecular complexity index is 789. The molecule has 3 rings (SSSR count). The second-order valence-corrected chi connectivity index (χ2v) is 4.73. The maximum atomic E-state index is 13.9. The molecule has 1 aromatic heterocycles. The van der Waals surface area contributed by atoms with E-state index in [1.807, 2.05) is 30.3 Å². The number of aromatic nitrogens is 1. The van der Waals surface area contributed by atoms with Gasteiger partial charge in [0.25, 0.3) is 0 Å². The van der Waals surface area contributed by atoms with E-state index in [2.05, 4.69) is 10.4 Å². The highest BCUT2D eigenvalue weighted by Crippen LogP contribution is 2.26. The average molecular weight is 285 g/mol. The molecule has 0 bridgehead atoms. The normalized spacial score (nSPS) is 12.5. The van der Waals surface area contributed by atoms with Crippen LogP contribution < -0.4 is 11.3 Å². The summed E-state index contributed by atoms with van der Waals surface area (Å²) >= 11 is 0. The van der Waals surface area contributed by atoms with Crippen molar-refractivity contribution in [1.29, 1.82) is 0 Å². The third-order valence-electron chi connectivity index (χ3n) is 3.39. The van der Waals surface area contributed by atoms with Gasteiger partial charge in [-0.1, -0.05) is 24.3 Å². The second kappa shape index (κ2) is 5.55. The molecule has 1 unspecified atom stereocenters. The highest BCUT2D eigenvalue weighted by atomic mass is 19.1. The third kappa shape index (κ3) is 2.61. The van der Waals surface area contributed by atoms with E-state index < -0.39 is 17.7 Å². The summed E-state index contributed by atoms with van der Waals surface area (Å²) in [5.41, 5.74) is 4.39. The number of hydrazine groups is 1. The Morgan fingerprint density at radius 1 is 1.05 bits per heavy atom. The van der Waals surface area contributed by atoms with Crippen LogP contribution in [0.4, 0.5) is 8.78 Å². The summed E-state index contributed by atoms with van der Waals surface area (Å²) in [6.07, 6.45) is 1.63. The monoisotopic (exact) mass is 285 g/mol. The fraction of sp³-hybridized carbons (Fsp3) is 0.0625. The first kappa shape index (κ1) is 13.6. The first-order valence-electron chi connectivity index (χ1n) is 6.45. The minimum atomic E-state index is -0.647. The molecule has 0 fully saturated rings. The summed E-state index contributed by atoms with van der Waals surface area (Å²) in [4.78, 5) is 4.33. The Morgan fingerprint density at radius 2 is 1.86 bits per heavy atom. The molecule has 0 saturated carbocycles. The number of halogens is 2. The van der Waals surface area contributed by atoms with Gasteiger partial charge in [0.15, 0.2) is 0 Å². The van der Waals surface area contributed by atoms with Gasteiger partial charge in [-0.05, 0) is 23.8 Å². The van der Waals surface area contributed by atoms with Crippen LogP contribution in [0.5, 0.6) is 0 Å². The maximum Gasteiger partial charge on any atom is 0.131 e. The highest BCUT2D eigenvalue weighted by Gasteiger charge is 2.17. The fourth-order valence-corrected chi connectivity index (χ4v) is 2.35. The Hall–Kier alpha value is -2.37. The van der Waals surface area contributed by atoms with Crippen LogP contribution in [0.2, 0.25) is 0 Å². The van der Waals surface area contributed by atoms with Gasteiger partial charge in [-0.2, -0.15) is 0 Å². The van der Waals surface area contributed by atoms with Crippen LogP contribution in [0.1, 0.15) is 17.2 Å². The molecule has 0 saturated heterocycles. The van der Waals surface area contributed by atoms with Gasteiger partial charge in [0.1, 0.15) is 11.6 Å². The Kier molecular flexibility index (Phi) is 3.60. The van der Waals surface area contributed by atoms with Gasteiger partial charge in [-0.3, -0.25) is 10.8 Å². The minimum absolute atomic E-state index is 0.274. The van der Waals surface area contributed by atoms with Crippen molar-refractivity contribution in [3.63, 3.8) is 0 Å². The van der Waals surface area contributed by atoms with Crippen LogP contribution in [0.25, 0.3) is 10.9 Å². The zero-order valence-electron chi connectivity index (χ0n) is 11.1. The summed E-state index contributed by atoms with van der Waals surface area (Å²) in [6.45, 7) is 0. The zero-order valence-corrected chi connectivity index (χ0v) is 11.1. The number of benzene rings is 2. The summed E-state index contributed by atoms with van der Waals surface area (Å²) in [6, 6.07) is 12.3. The number of hydrogen-bond donors (Lipinski definition) is 2. The van der Waals surface area contributed by atoms with E-state index in [4.69, 9.17) is 5.84 Å². The quantitative estimate of drug-likeness (QED) is 0.574. The van der Waals surface area contributed by atoms with Crippen molar-refractivity contribution in [3.05, 3.63) is 77.5 Å². The molecule has 0 amide bonds. The summed E-state index contributed by atoms with van der Waals surface area (Å²) in [5.74, 6) is 4.28. The Morgan fingerprint density at radius 3 is 2.62 bits per heavy atom. The highest BCUT2D eigenvalue weighted by molar-refractivity contribution is 5.78. The average Bonchev–Trinajstić information content (AvgIpc) is 2.50. The van der Waals surface area contributed by atoms with Gasteiger partial charge in [-0.15, -0.1) is 0 Å². The molecule has 3 aromatic rings. The predicted octanol–water partition coefficient (Wildman–Crippen LogP) is 3.07. The number of para-hydroxylation sites is 1. The van der Waals surface area contributed by atoms with Gasteiger partial charge in [0.05, 0.1) is 11.6 Å². The van der Waals surface area contributed by atoms with Crippen molar-refractivity contribution in [2.75, 3.05) is 0 Å². The van der Waals surface area contributed by atoms with Crippen molar-refractivity contribution < 1.29 is 8.78 Å². The summed E-state index contributed by atoms with van der Waals surface area (Å²) < 4.78 is 27.0. The van der Waals surface area contributed by atoms with Crippen LogP contribution in [-0.4, -0.2) is 4.98 Å². The minimum Gasteiger partial charge on any atom is -0.271 e. The van der Waals surface area contributed by atoms with Crippen molar-refractivity contribution in [1.82, 2.24) is 10.4 Å². The molecule has 3 N–H and O–H groups in total. The van der Waals surface area contributed by atoms with E-state index in [0.717, 1.165) is 17.0 Å². The molecular formula is C16H13F2N3. The van der Waals surface area contributed by atoms with Gasteiger partial charge >= 0.3 is 0 Å². The number of rotatable bonds is 3. The van der Waals surface area contributed by atoms with Gasteiger partial charge in [-0.25, -0.2) is 14.2 Å². The second-order valence-electron chi connectivity index (χ2n) is 4.73. The van der Waals surface area contributed by atoms with Crippen LogP contribution in [0.3, 0.4) is 0 Å². The van der Waals surface area contributed by atoms with Crippen molar-refractivity contribution >= 4 is 10.9 Å².